The van der Waals surface area contributed by atoms with Crippen molar-refractivity contribution in [1.29, 1.82) is 0 Å². The first-order valence-electron chi connectivity index (χ1n) is 9.59. The van der Waals surface area contributed by atoms with Crippen LogP contribution in [0.3, 0.4) is 0 Å². The molecule has 0 radical (unpaired) electrons. The number of fused-ring (bicyclic) bond motifs is 1. The van der Waals surface area contributed by atoms with Crippen LogP contribution >= 0.6 is 0 Å². The SMILES string of the molecule is NS(=O)(=O)c1cccc(-c2cn(S(=O)(=O)c3ccccc3)c3ccccc23)c1-c1nn[nH]n1. The molecule has 10 nitrogen and oxygen atoms in total. The van der Waals surface area contributed by atoms with Gasteiger partial charge in [-0.1, -0.05) is 48.5 Å². The molecule has 3 N–H and O–H groups in total. The highest BCUT2D eigenvalue weighted by atomic mass is 32.2. The van der Waals surface area contributed by atoms with E-state index in [4.69, 9.17) is 5.14 Å². The van der Waals surface area contributed by atoms with Crippen molar-refractivity contribution in [2.45, 2.75) is 9.79 Å². The van der Waals surface area contributed by atoms with Crippen LogP contribution < -0.4 is 5.14 Å². The van der Waals surface area contributed by atoms with Gasteiger partial charge in [-0.3, -0.25) is 0 Å². The molecule has 0 unspecified atom stereocenters. The van der Waals surface area contributed by atoms with Crippen molar-refractivity contribution in [2.75, 3.05) is 0 Å². The van der Waals surface area contributed by atoms with E-state index in [1.807, 2.05) is 0 Å². The number of sulfonamides is 1. The minimum Gasteiger partial charge on any atom is -0.241 e. The first kappa shape index (κ1) is 21.0. The van der Waals surface area contributed by atoms with Crippen molar-refractivity contribution >= 4 is 30.9 Å². The Morgan fingerprint density at radius 3 is 2.24 bits per heavy atom. The number of primary sulfonamides is 1. The molecule has 33 heavy (non-hydrogen) atoms. The highest BCUT2D eigenvalue weighted by Crippen LogP contribution is 2.40. The predicted molar refractivity (Wildman–Crippen MR) is 121 cm³/mol. The lowest BCUT2D eigenvalue weighted by Gasteiger charge is -2.10. The number of aromatic amines is 1. The molecular weight excluding hydrogens is 464 g/mol. The number of H-pyrrole nitrogens is 1. The van der Waals surface area contributed by atoms with Gasteiger partial charge in [-0.25, -0.2) is 25.9 Å². The number of hydrogen-bond donors (Lipinski definition) is 2. The molecule has 12 heteroatoms. The maximum Gasteiger partial charge on any atom is 0.268 e. The summed E-state index contributed by atoms with van der Waals surface area (Å²) < 4.78 is 52.7. The number of tetrazole rings is 1. The van der Waals surface area contributed by atoms with Crippen molar-refractivity contribution < 1.29 is 16.8 Å². The van der Waals surface area contributed by atoms with Crippen LogP contribution in [0.1, 0.15) is 0 Å². The fourth-order valence-corrected chi connectivity index (χ4v) is 5.90. The number of nitrogens with two attached hydrogens (primary N) is 1. The van der Waals surface area contributed by atoms with Crippen molar-refractivity contribution in [3.8, 4) is 22.5 Å². The van der Waals surface area contributed by atoms with Gasteiger partial charge in [0.05, 0.1) is 20.9 Å². The van der Waals surface area contributed by atoms with E-state index in [0.717, 1.165) is 0 Å². The number of nitrogens with zero attached hydrogens (tertiary/aromatic N) is 4. The van der Waals surface area contributed by atoms with Gasteiger partial charge in [0.1, 0.15) is 0 Å². The molecule has 2 heterocycles. The van der Waals surface area contributed by atoms with Crippen molar-refractivity contribution in [3.63, 3.8) is 0 Å². The summed E-state index contributed by atoms with van der Waals surface area (Å²) >= 11 is 0. The molecule has 0 aliphatic heterocycles. The van der Waals surface area contributed by atoms with Crippen LogP contribution in [0.5, 0.6) is 0 Å². The van der Waals surface area contributed by atoms with Crippen LogP contribution in [-0.4, -0.2) is 41.4 Å². The van der Waals surface area contributed by atoms with Crippen LogP contribution in [0.4, 0.5) is 0 Å². The van der Waals surface area contributed by atoms with Gasteiger partial charge in [0, 0.05) is 17.1 Å². The number of rotatable bonds is 5. The van der Waals surface area contributed by atoms with Crippen LogP contribution in [0, 0.1) is 0 Å². The highest BCUT2D eigenvalue weighted by molar-refractivity contribution is 7.90. The fraction of sp³-hybridized carbons (Fsp3) is 0. The van der Waals surface area contributed by atoms with Crippen LogP contribution in [0.25, 0.3) is 33.4 Å². The van der Waals surface area contributed by atoms with Gasteiger partial charge in [0.15, 0.2) is 0 Å². The summed E-state index contributed by atoms with van der Waals surface area (Å²) in [5, 5.41) is 19.8. The van der Waals surface area contributed by atoms with Crippen molar-refractivity contribution in [3.05, 3.63) is 79.0 Å². The second kappa shape index (κ2) is 7.62. The molecule has 0 aliphatic rings. The van der Waals surface area contributed by atoms with Gasteiger partial charge >= 0.3 is 0 Å². The van der Waals surface area contributed by atoms with Gasteiger partial charge in [-0.2, -0.15) is 5.21 Å². The van der Waals surface area contributed by atoms with Crippen molar-refractivity contribution in [1.82, 2.24) is 24.6 Å². The standard InChI is InChI=1S/C21H16N6O4S2/c22-32(28,29)19-12-6-10-16(20(19)21-23-25-26-24-21)17-13-27(18-11-5-4-9-15(17)18)33(30,31)14-7-2-1-3-8-14/h1-13H,(H2,22,28,29)(H,23,24,25,26). The summed E-state index contributed by atoms with van der Waals surface area (Å²) in [6.07, 6.45) is 1.46. The zero-order chi connectivity index (χ0) is 23.2. The lowest BCUT2D eigenvalue weighted by molar-refractivity contribution is 0.588. The quantitative estimate of drug-likeness (QED) is 0.391. The highest BCUT2D eigenvalue weighted by Gasteiger charge is 2.26. The summed E-state index contributed by atoms with van der Waals surface area (Å²) in [6, 6.07) is 19.5. The topological polar surface area (TPSA) is 154 Å². The summed E-state index contributed by atoms with van der Waals surface area (Å²) in [4.78, 5) is -0.0851. The van der Waals surface area contributed by atoms with Gasteiger partial charge < -0.3 is 0 Å². The number of benzene rings is 3. The van der Waals surface area contributed by atoms with E-state index in [0.29, 0.717) is 22.0 Å². The van der Waals surface area contributed by atoms with E-state index in [2.05, 4.69) is 20.6 Å². The Labute approximate surface area is 188 Å². The molecule has 0 bridgehead atoms. The van der Waals surface area contributed by atoms with E-state index in [9.17, 15) is 16.8 Å². The molecule has 5 aromatic rings. The lowest BCUT2D eigenvalue weighted by Crippen LogP contribution is -2.14. The molecular formula is C21H16N6O4S2. The Morgan fingerprint density at radius 2 is 1.55 bits per heavy atom. The maximum atomic E-state index is 13.4. The zero-order valence-electron chi connectivity index (χ0n) is 16.8. The molecule has 5 rings (SSSR count). The zero-order valence-corrected chi connectivity index (χ0v) is 18.5. The Bertz CT molecular complexity index is 1690. The van der Waals surface area contributed by atoms with Crippen LogP contribution in [0.15, 0.2) is 88.8 Å². The van der Waals surface area contributed by atoms with Gasteiger partial charge in [0.2, 0.25) is 15.8 Å². The molecule has 0 fully saturated rings. The Hall–Kier alpha value is -3.87. The smallest absolute Gasteiger partial charge is 0.241 e. The molecule has 2 aromatic heterocycles. The molecule has 166 valence electrons. The van der Waals surface area contributed by atoms with Gasteiger partial charge in [-0.05, 0) is 35.0 Å². The summed E-state index contributed by atoms with van der Waals surface area (Å²) in [5.41, 5.74) is 1.40. The summed E-state index contributed by atoms with van der Waals surface area (Å²) in [7, 11) is -8.09. The minimum atomic E-state index is -4.15. The minimum absolute atomic E-state index is 0.0115. The third-order valence-electron chi connectivity index (χ3n) is 5.17. The van der Waals surface area contributed by atoms with E-state index in [-0.39, 0.29) is 21.2 Å². The Kier molecular flexibility index (Phi) is 4.85. The van der Waals surface area contributed by atoms with E-state index in [1.165, 1.54) is 34.4 Å². The number of nitrogens with one attached hydrogen (secondary N) is 1. The van der Waals surface area contributed by atoms with Gasteiger partial charge in [-0.15, -0.1) is 10.2 Å². The van der Waals surface area contributed by atoms with Crippen LogP contribution in [0.2, 0.25) is 0 Å². The lowest BCUT2D eigenvalue weighted by atomic mass is 9.98. The average Bonchev–Trinajstić information content (AvgIpc) is 3.47. The molecule has 0 aliphatic carbocycles. The van der Waals surface area contributed by atoms with Gasteiger partial charge in [0.25, 0.3) is 10.0 Å². The van der Waals surface area contributed by atoms with Crippen molar-refractivity contribution in [2.24, 2.45) is 5.14 Å². The first-order valence-corrected chi connectivity index (χ1v) is 12.6. The predicted octanol–water partition coefficient (Wildman–Crippen LogP) is 2.37. The third-order valence-corrected chi connectivity index (χ3v) is 7.81. The summed E-state index contributed by atoms with van der Waals surface area (Å²) in [5.74, 6) is 0.0115. The maximum absolute atomic E-state index is 13.4. The Balaban J connectivity index is 1.86. The third kappa shape index (κ3) is 3.50. The van der Waals surface area contributed by atoms with E-state index in [1.54, 1.807) is 48.5 Å². The van der Waals surface area contributed by atoms with E-state index >= 15 is 0 Å². The number of aromatic nitrogens is 5. The molecule has 0 spiro atoms. The largest absolute Gasteiger partial charge is 0.268 e. The normalized spacial score (nSPS) is 12.3. The Morgan fingerprint density at radius 1 is 0.818 bits per heavy atom. The first-order chi connectivity index (χ1) is 15.8. The fourth-order valence-electron chi connectivity index (χ4n) is 3.76. The molecule has 0 saturated carbocycles. The second-order valence-corrected chi connectivity index (χ2v) is 10.5. The number of para-hydroxylation sites is 1. The molecule has 0 saturated heterocycles. The number of hydrogen-bond acceptors (Lipinski definition) is 7. The molecule has 3 aromatic carbocycles. The van der Waals surface area contributed by atoms with Crippen LogP contribution in [-0.2, 0) is 20.0 Å². The monoisotopic (exact) mass is 480 g/mol. The molecule has 0 amide bonds. The van der Waals surface area contributed by atoms with E-state index < -0.39 is 20.0 Å². The summed E-state index contributed by atoms with van der Waals surface area (Å²) in [6.45, 7) is 0. The average molecular weight is 481 g/mol. The second-order valence-electron chi connectivity index (χ2n) is 7.13. The molecule has 0 atom stereocenters.